The fourth-order valence-corrected chi connectivity index (χ4v) is 2.29. The van der Waals surface area contributed by atoms with Crippen molar-refractivity contribution in [1.82, 2.24) is 19.3 Å². The summed E-state index contributed by atoms with van der Waals surface area (Å²) in [4.78, 5) is 4.71. The molecule has 2 heterocycles. The minimum atomic E-state index is 0.653. The van der Waals surface area contributed by atoms with E-state index in [2.05, 4.69) is 5.10 Å². The molecule has 0 saturated carbocycles. The van der Waals surface area contributed by atoms with Gasteiger partial charge in [-0.05, 0) is 6.92 Å². The number of nitrogen functional groups attached to an aromatic ring is 1. The average Bonchev–Trinajstić information content (AvgIpc) is 2.94. The fraction of sp³-hybridized carbons (Fsp3) is 0.200. The lowest BCUT2D eigenvalue weighted by Crippen LogP contribution is -1.99. The molecule has 5 nitrogen and oxygen atoms in total. The summed E-state index contributed by atoms with van der Waals surface area (Å²) >= 11 is 0. The largest absolute Gasteiger partial charge is 0.383 e. The molecule has 0 aliphatic carbocycles. The van der Waals surface area contributed by atoms with Gasteiger partial charge in [-0.2, -0.15) is 5.10 Å². The smallest absolute Gasteiger partial charge is 0.142 e. The molecule has 5 heteroatoms. The molecule has 102 valence electrons. The summed E-state index contributed by atoms with van der Waals surface area (Å²) in [5.41, 5.74) is 10.1. The number of aromatic nitrogens is 4. The van der Waals surface area contributed by atoms with Gasteiger partial charge < -0.3 is 10.3 Å². The molecule has 2 N–H and O–H groups in total. The van der Waals surface area contributed by atoms with Crippen LogP contribution in [0, 0.1) is 6.92 Å². The van der Waals surface area contributed by atoms with Crippen molar-refractivity contribution in [2.75, 3.05) is 5.73 Å². The van der Waals surface area contributed by atoms with Gasteiger partial charge in [0.2, 0.25) is 0 Å². The van der Waals surface area contributed by atoms with Crippen molar-refractivity contribution >= 4 is 5.82 Å². The van der Waals surface area contributed by atoms with E-state index in [-0.39, 0.29) is 0 Å². The van der Waals surface area contributed by atoms with E-state index in [1.807, 2.05) is 66.8 Å². The lowest BCUT2D eigenvalue weighted by atomic mass is 10.2. The second-order valence-corrected chi connectivity index (χ2v) is 4.86. The van der Waals surface area contributed by atoms with Crippen LogP contribution in [0.1, 0.15) is 5.69 Å². The Bertz CT molecular complexity index is 752. The van der Waals surface area contributed by atoms with Crippen LogP contribution in [0.5, 0.6) is 0 Å². The molecule has 1 aromatic carbocycles. The Kier molecular flexibility index (Phi) is 2.82. The van der Waals surface area contributed by atoms with Crippen LogP contribution < -0.4 is 5.73 Å². The van der Waals surface area contributed by atoms with Gasteiger partial charge in [0.15, 0.2) is 0 Å². The molecule has 0 atom stereocenters. The first kappa shape index (κ1) is 12.5. The molecule has 0 fully saturated rings. The Balaban J connectivity index is 2.18. The molecule has 0 amide bonds. The van der Waals surface area contributed by atoms with Crippen molar-refractivity contribution in [2.45, 2.75) is 6.92 Å². The van der Waals surface area contributed by atoms with Crippen LogP contribution >= 0.6 is 0 Å². The van der Waals surface area contributed by atoms with Gasteiger partial charge in [-0.3, -0.25) is 4.68 Å². The summed E-state index contributed by atoms with van der Waals surface area (Å²) in [6.07, 6.45) is 1.81. The highest BCUT2D eigenvalue weighted by atomic mass is 15.3. The maximum Gasteiger partial charge on any atom is 0.142 e. The number of benzene rings is 1. The molecule has 0 radical (unpaired) electrons. The first-order valence-electron chi connectivity index (χ1n) is 6.46. The average molecular weight is 267 g/mol. The van der Waals surface area contributed by atoms with Gasteiger partial charge in [-0.1, -0.05) is 30.3 Å². The second-order valence-electron chi connectivity index (χ2n) is 4.86. The summed E-state index contributed by atoms with van der Waals surface area (Å²) in [6.45, 7) is 2.01. The zero-order chi connectivity index (χ0) is 14.3. The molecule has 0 unspecified atom stereocenters. The van der Waals surface area contributed by atoms with E-state index in [1.54, 1.807) is 0 Å². The van der Waals surface area contributed by atoms with E-state index < -0.39 is 0 Å². The Hall–Kier alpha value is -2.56. The number of nitrogens with zero attached hydrogens (tertiary/aromatic N) is 4. The van der Waals surface area contributed by atoms with E-state index in [1.165, 1.54) is 0 Å². The lowest BCUT2D eigenvalue weighted by molar-refractivity contribution is 0.740. The molecular weight excluding hydrogens is 250 g/mol. The Morgan fingerprint density at radius 1 is 1.10 bits per heavy atom. The monoisotopic (exact) mass is 267 g/mol. The number of hydrogen-bond donors (Lipinski definition) is 1. The standard InChI is InChI=1S/C15H17N5/c1-10-12(9-17-20(10)3)13-14(16)19(2)15(18-13)11-7-5-4-6-8-11/h4-9H,16H2,1-3H3. The third-order valence-corrected chi connectivity index (χ3v) is 3.66. The molecule has 2 aromatic heterocycles. The van der Waals surface area contributed by atoms with Crippen LogP contribution in [0.15, 0.2) is 36.5 Å². The second kappa shape index (κ2) is 4.52. The summed E-state index contributed by atoms with van der Waals surface area (Å²) in [5.74, 6) is 1.52. The summed E-state index contributed by atoms with van der Waals surface area (Å²) in [7, 11) is 3.84. The van der Waals surface area contributed by atoms with Crippen LogP contribution in [0.25, 0.3) is 22.6 Å². The highest BCUT2D eigenvalue weighted by molar-refractivity contribution is 5.76. The molecule has 20 heavy (non-hydrogen) atoms. The predicted molar refractivity (Wildman–Crippen MR) is 80.0 cm³/mol. The van der Waals surface area contributed by atoms with Crippen molar-refractivity contribution in [3.05, 3.63) is 42.2 Å². The molecule has 3 rings (SSSR count). The van der Waals surface area contributed by atoms with Crippen molar-refractivity contribution in [2.24, 2.45) is 14.1 Å². The number of hydrogen-bond acceptors (Lipinski definition) is 3. The number of rotatable bonds is 2. The van der Waals surface area contributed by atoms with Gasteiger partial charge in [0.05, 0.1) is 6.20 Å². The van der Waals surface area contributed by atoms with E-state index in [0.29, 0.717) is 5.82 Å². The lowest BCUT2D eigenvalue weighted by Gasteiger charge is -2.02. The SMILES string of the molecule is Cc1c(-c2nc(-c3ccccc3)n(C)c2N)cnn1C. The number of imidazole rings is 1. The highest BCUT2D eigenvalue weighted by Crippen LogP contribution is 2.31. The topological polar surface area (TPSA) is 61.7 Å². The van der Waals surface area contributed by atoms with Gasteiger partial charge in [-0.25, -0.2) is 4.98 Å². The van der Waals surface area contributed by atoms with Crippen molar-refractivity contribution < 1.29 is 0 Å². The van der Waals surface area contributed by atoms with E-state index in [0.717, 1.165) is 28.3 Å². The number of anilines is 1. The van der Waals surface area contributed by atoms with Gasteiger partial charge >= 0.3 is 0 Å². The van der Waals surface area contributed by atoms with Gasteiger partial charge in [0.1, 0.15) is 17.3 Å². The van der Waals surface area contributed by atoms with Gasteiger partial charge in [0.25, 0.3) is 0 Å². The minimum Gasteiger partial charge on any atom is -0.383 e. The molecule has 0 bridgehead atoms. The number of nitrogens with two attached hydrogens (primary N) is 1. The first-order chi connectivity index (χ1) is 9.59. The third-order valence-electron chi connectivity index (χ3n) is 3.66. The van der Waals surface area contributed by atoms with Gasteiger partial charge in [-0.15, -0.1) is 0 Å². The van der Waals surface area contributed by atoms with E-state index in [9.17, 15) is 0 Å². The molecule has 3 aromatic rings. The van der Waals surface area contributed by atoms with Crippen molar-refractivity contribution in [1.29, 1.82) is 0 Å². The Labute approximate surface area is 117 Å². The van der Waals surface area contributed by atoms with Crippen molar-refractivity contribution in [3.63, 3.8) is 0 Å². The molecule has 0 aliphatic heterocycles. The van der Waals surface area contributed by atoms with Gasteiger partial charge in [0, 0.05) is 30.9 Å². The molecule has 0 spiro atoms. The highest BCUT2D eigenvalue weighted by Gasteiger charge is 2.18. The van der Waals surface area contributed by atoms with Crippen LogP contribution in [0.2, 0.25) is 0 Å². The predicted octanol–water partition coefficient (Wildman–Crippen LogP) is 2.38. The minimum absolute atomic E-state index is 0.653. The molecule has 0 aliphatic rings. The zero-order valence-corrected chi connectivity index (χ0v) is 11.8. The van der Waals surface area contributed by atoms with Crippen LogP contribution in [-0.2, 0) is 14.1 Å². The van der Waals surface area contributed by atoms with Crippen molar-refractivity contribution in [3.8, 4) is 22.6 Å². The molecular formula is C15H17N5. The fourth-order valence-electron chi connectivity index (χ4n) is 2.29. The third kappa shape index (κ3) is 1.79. The summed E-state index contributed by atoms with van der Waals surface area (Å²) < 4.78 is 3.74. The summed E-state index contributed by atoms with van der Waals surface area (Å²) in [5, 5.41) is 4.26. The first-order valence-corrected chi connectivity index (χ1v) is 6.46. The van der Waals surface area contributed by atoms with Crippen LogP contribution in [0.3, 0.4) is 0 Å². The summed E-state index contributed by atoms with van der Waals surface area (Å²) in [6, 6.07) is 10.0. The number of aryl methyl sites for hydroxylation is 1. The van der Waals surface area contributed by atoms with Crippen LogP contribution in [-0.4, -0.2) is 19.3 Å². The quantitative estimate of drug-likeness (QED) is 0.775. The normalized spacial score (nSPS) is 10.9. The molecule has 0 saturated heterocycles. The Morgan fingerprint density at radius 3 is 2.40 bits per heavy atom. The van der Waals surface area contributed by atoms with E-state index >= 15 is 0 Å². The van der Waals surface area contributed by atoms with Crippen LogP contribution in [0.4, 0.5) is 5.82 Å². The maximum atomic E-state index is 6.21. The zero-order valence-electron chi connectivity index (χ0n) is 11.8. The Morgan fingerprint density at radius 2 is 1.80 bits per heavy atom. The maximum absolute atomic E-state index is 6.21. The van der Waals surface area contributed by atoms with E-state index in [4.69, 9.17) is 10.7 Å².